The maximum Gasteiger partial charge on any atom is 0.273 e. The average molecular weight is 300 g/mol. The van der Waals surface area contributed by atoms with Crippen molar-refractivity contribution < 1.29 is 4.79 Å². The number of nitrogens with one attached hydrogen (secondary N) is 1. The highest BCUT2D eigenvalue weighted by molar-refractivity contribution is 5.92. The second kappa shape index (κ2) is 7.73. The highest BCUT2D eigenvalue weighted by Gasteiger charge is 2.14. The van der Waals surface area contributed by atoms with Crippen LogP contribution in [0.3, 0.4) is 0 Å². The summed E-state index contributed by atoms with van der Waals surface area (Å²) in [6.07, 6.45) is 3.77. The molecule has 22 heavy (non-hydrogen) atoms. The molecule has 0 saturated carbocycles. The number of nitrogens with zero attached hydrogens (tertiary/aromatic N) is 3. The van der Waals surface area contributed by atoms with E-state index in [1.54, 1.807) is 10.9 Å². The minimum absolute atomic E-state index is 0.147. The lowest BCUT2D eigenvalue weighted by atomic mass is 10.0. The van der Waals surface area contributed by atoms with Crippen LogP contribution in [-0.2, 0) is 6.54 Å². The van der Waals surface area contributed by atoms with Crippen LogP contribution in [0, 0.1) is 5.92 Å². The molecular formula is C17H24N4O. The molecule has 1 aromatic carbocycles. The van der Waals surface area contributed by atoms with Crippen molar-refractivity contribution in [3.05, 3.63) is 47.8 Å². The summed E-state index contributed by atoms with van der Waals surface area (Å²) in [5.41, 5.74) is 1.50. The zero-order valence-electron chi connectivity index (χ0n) is 13.5. The molecule has 0 fully saturated rings. The van der Waals surface area contributed by atoms with Crippen LogP contribution in [0.2, 0.25) is 0 Å². The highest BCUT2D eigenvalue weighted by Crippen LogP contribution is 2.07. The van der Waals surface area contributed by atoms with E-state index in [0.29, 0.717) is 18.2 Å². The molecule has 1 atom stereocenters. The Morgan fingerprint density at radius 3 is 2.59 bits per heavy atom. The van der Waals surface area contributed by atoms with E-state index in [-0.39, 0.29) is 11.9 Å². The van der Waals surface area contributed by atoms with Crippen molar-refractivity contribution >= 4 is 5.91 Å². The summed E-state index contributed by atoms with van der Waals surface area (Å²) < 4.78 is 1.68. The summed E-state index contributed by atoms with van der Waals surface area (Å²) in [5.74, 6) is 0.488. The van der Waals surface area contributed by atoms with Crippen molar-refractivity contribution in [2.45, 2.75) is 46.2 Å². The lowest BCUT2D eigenvalue weighted by molar-refractivity contribution is 0.0932. The molecule has 118 valence electrons. The number of carbonyl (C=O) groups excluding carboxylic acids is 1. The Labute approximate surface area is 131 Å². The molecule has 1 heterocycles. The molecule has 1 aromatic heterocycles. The first-order valence-electron chi connectivity index (χ1n) is 7.79. The molecule has 1 unspecified atom stereocenters. The Kier molecular flexibility index (Phi) is 5.69. The van der Waals surface area contributed by atoms with Crippen molar-refractivity contribution in [1.29, 1.82) is 0 Å². The van der Waals surface area contributed by atoms with Gasteiger partial charge in [-0.3, -0.25) is 4.79 Å². The second-order valence-corrected chi connectivity index (χ2v) is 6.13. The van der Waals surface area contributed by atoms with E-state index in [1.807, 2.05) is 37.3 Å². The SMILES string of the molecule is CC(C)CCC(C)NC(=O)c1cn(Cc2ccccc2)nn1. The molecular weight excluding hydrogens is 276 g/mol. The van der Waals surface area contributed by atoms with Crippen molar-refractivity contribution in [1.82, 2.24) is 20.3 Å². The fraction of sp³-hybridized carbons (Fsp3) is 0.471. The van der Waals surface area contributed by atoms with Gasteiger partial charge >= 0.3 is 0 Å². The normalized spacial score (nSPS) is 12.4. The van der Waals surface area contributed by atoms with Crippen LogP contribution in [0.1, 0.15) is 49.7 Å². The van der Waals surface area contributed by atoms with E-state index < -0.39 is 0 Å². The first-order chi connectivity index (χ1) is 10.5. The van der Waals surface area contributed by atoms with Crippen LogP contribution in [0.4, 0.5) is 0 Å². The number of carbonyl (C=O) groups is 1. The summed E-state index contributed by atoms with van der Waals surface area (Å²) in [5, 5.41) is 11.0. The van der Waals surface area contributed by atoms with Gasteiger partial charge in [-0.2, -0.15) is 0 Å². The Hall–Kier alpha value is -2.17. The third-order valence-electron chi connectivity index (χ3n) is 3.51. The van der Waals surface area contributed by atoms with Gasteiger partial charge in [-0.25, -0.2) is 4.68 Å². The third kappa shape index (κ3) is 4.98. The number of aromatic nitrogens is 3. The smallest absolute Gasteiger partial charge is 0.273 e. The van der Waals surface area contributed by atoms with Crippen LogP contribution in [0.5, 0.6) is 0 Å². The van der Waals surface area contributed by atoms with Gasteiger partial charge in [0.05, 0.1) is 12.7 Å². The van der Waals surface area contributed by atoms with Crippen LogP contribution in [0.15, 0.2) is 36.5 Å². The molecule has 2 aromatic rings. The minimum atomic E-state index is -0.157. The van der Waals surface area contributed by atoms with E-state index >= 15 is 0 Å². The fourth-order valence-electron chi connectivity index (χ4n) is 2.20. The number of rotatable bonds is 7. The quantitative estimate of drug-likeness (QED) is 0.855. The first kappa shape index (κ1) is 16.2. The van der Waals surface area contributed by atoms with E-state index in [1.165, 1.54) is 0 Å². The molecule has 0 aliphatic rings. The van der Waals surface area contributed by atoms with Crippen LogP contribution in [0.25, 0.3) is 0 Å². The topological polar surface area (TPSA) is 59.8 Å². The van der Waals surface area contributed by atoms with Gasteiger partial charge in [-0.1, -0.05) is 49.4 Å². The largest absolute Gasteiger partial charge is 0.348 e. The number of hydrogen-bond acceptors (Lipinski definition) is 3. The lowest BCUT2D eigenvalue weighted by Gasteiger charge is -2.13. The van der Waals surface area contributed by atoms with Gasteiger partial charge in [0.25, 0.3) is 5.91 Å². The summed E-state index contributed by atoms with van der Waals surface area (Å²) in [6, 6.07) is 10.1. The van der Waals surface area contributed by atoms with E-state index in [4.69, 9.17) is 0 Å². The van der Waals surface area contributed by atoms with Gasteiger partial charge in [0.2, 0.25) is 0 Å². The Bertz CT molecular complexity index is 592. The zero-order valence-corrected chi connectivity index (χ0v) is 13.5. The second-order valence-electron chi connectivity index (χ2n) is 6.13. The maximum absolute atomic E-state index is 12.1. The monoisotopic (exact) mass is 300 g/mol. The molecule has 1 N–H and O–H groups in total. The van der Waals surface area contributed by atoms with Crippen molar-refractivity contribution in [2.75, 3.05) is 0 Å². The molecule has 0 radical (unpaired) electrons. The lowest BCUT2D eigenvalue weighted by Crippen LogP contribution is -2.33. The van der Waals surface area contributed by atoms with Crippen molar-refractivity contribution in [3.63, 3.8) is 0 Å². The van der Waals surface area contributed by atoms with E-state index in [2.05, 4.69) is 29.5 Å². The number of hydrogen-bond donors (Lipinski definition) is 1. The highest BCUT2D eigenvalue weighted by atomic mass is 16.2. The molecule has 2 rings (SSSR count). The summed E-state index contributed by atoms with van der Waals surface area (Å²) in [6.45, 7) is 7.01. The van der Waals surface area contributed by atoms with Gasteiger partial charge in [0, 0.05) is 6.04 Å². The Balaban J connectivity index is 1.89. The standard InChI is InChI=1S/C17H24N4O/c1-13(2)9-10-14(3)18-17(22)16-12-21(20-19-16)11-15-7-5-4-6-8-15/h4-8,12-14H,9-11H2,1-3H3,(H,18,22). The Morgan fingerprint density at radius 1 is 1.18 bits per heavy atom. The van der Waals surface area contributed by atoms with Crippen molar-refractivity contribution in [3.8, 4) is 0 Å². The van der Waals surface area contributed by atoms with Gasteiger partial charge < -0.3 is 5.32 Å². The molecule has 0 aliphatic heterocycles. The summed E-state index contributed by atoms with van der Waals surface area (Å²) >= 11 is 0. The minimum Gasteiger partial charge on any atom is -0.348 e. The summed E-state index contributed by atoms with van der Waals surface area (Å²) in [4.78, 5) is 12.1. The average Bonchev–Trinajstić information content (AvgIpc) is 2.95. The van der Waals surface area contributed by atoms with E-state index in [9.17, 15) is 4.79 Å². The van der Waals surface area contributed by atoms with Crippen LogP contribution in [-0.4, -0.2) is 26.9 Å². The fourth-order valence-corrected chi connectivity index (χ4v) is 2.20. The molecule has 5 heteroatoms. The summed E-state index contributed by atoms with van der Waals surface area (Å²) in [7, 11) is 0. The molecule has 0 spiro atoms. The van der Waals surface area contributed by atoms with Crippen molar-refractivity contribution in [2.24, 2.45) is 5.92 Å². The molecule has 0 aliphatic carbocycles. The van der Waals surface area contributed by atoms with Crippen LogP contribution < -0.4 is 5.32 Å². The van der Waals surface area contributed by atoms with E-state index in [0.717, 1.165) is 18.4 Å². The van der Waals surface area contributed by atoms with Gasteiger partial charge in [0.1, 0.15) is 0 Å². The maximum atomic E-state index is 12.1. The first-order valence-corrected chi connectivity index (χ1v) is 7.79. The van der Waals surface area contributed by atoms with Gasteiger partial charge in [-0.15, -0.1) is 5.10 Å². The predicted molar refractivity (Wildman–Crippen MR) is 86.6 cm³/mol. The molecule has 5 nitrogen and oxygen atoms in total. The molecule has 0 saturated heterocycles. The molecule has 1 amide bonds. The number of benzene rings is 1. The number of amides is 1. The zero-order chi connectivity index (χ0) is 15.9. The Morgan fingerprint density at radius 2 is 1.91 bits per heavy atom. The van der Waals surface area contributed by atoms with Crippen LogP contribution >= 0.6 is 0 Å². The van der Waals surface area contributed by atoms with Gasteiger partial charge in [-0.05, 0) is 31.2 Å². The third-order valence-corrected chi connectivity index (χ3v) is 3.51. The van der Waals surface area contributed by atoms with Gasteiger partial charge in [0.15, 0.2) is 5.69 Å². The molecule has 0 bridgehead atoms. The predicted octanol–water partition coefficient (Wildman–Crippen LogP) is 2.88.